The Kier molecular flexibility index (Phi) is 4.67. The van der Waals surface area contributed by atoms with Crippen molar-refractivity contribution in [2.75, 3.05) is 0 Å². The summed E-state index contributed by atoms with van der Waals surface area (Å²) in [6.07, 6.45) is 0. The van der Waals surface area contributed by atoms with Gasteiger partial charge in [0.05, 0.1) is 4.47 Å². The fourth-order valence-electron chi connectivity index (χ4n) is 1.48. The summed E-state index contributed by atoms with van der Waals surface area (Å²) in [5.74, 6) is 1.44. The lowest BCUT2D eigenvalue weighted by Crippen LogP contribution is -1.99. The molecule has 2 aromatic rings. The normalized spacial score (nSPS) is 10.4. The number of rotatable bonds is 3. The first kappa shape index (κ1) is 13.9. The maximum atomic E-state index is 5.89. The van der Waals surface area contributed by atoms with Crippen molar-refractivity contribution in [2.24, 2.45) is 5.73 Å². The number of benzene rings is 2. The third-order valence-electron chi connectivity index (χ3n) is 2.36. The maximum absolute atomic E-state index is 5.89. The smallest absolute Gasteiger partial charge is 0.141 e. The van der Waals surface area contributed by atoms with Crippen LogP contribution < -0.4 is 10.5 Å². The molecule has 0 bridgehead atoms. The van der Waals surface area contributed by atoms with Crippen molar-refractivity contribution in [3.05, 3.63) is 55.9 Å². The lowest BCUT2D eigenvalue weighted by atomic mass is 10.2. The van der Waals surface area contributed by atoms with Gasteiger partial charge in [-0.1, -0.05) is 27.5 Å². The zero-order chi connectivity index (χ0) is 13.1. The number of nitrogens with two attached hydrogens (primary N) is 1. The van der Waals surface area contributed by atoms with E-state index in [4.69, 9.17) is 22.1 Å². The van der Waals surface area contributed by atoms with Crippen molar-refractivity contribution < 1.29 is 4.74 Å². The molecule has 0 aliphatic heterocycles. The van der Waals surface area contributed by atoms with Gasteiger partial charge >= 0.3 is 0 Å². The SMILES string of the molecule is NCc1cc(Br)ccc1Oc1ccc(Cl)cc1Br. The van der Waals surface area contributed by atoms with E-state index in [-0.39, 0.29) is 0 Å². The predicted octanol–water partition coefficient (Wildman–Crippen LogP) is 5.12. The number of hydrogen-bond acceptors (Lipinski definition) is 2. The first-order valence-electron chi connectivity index (χ1n) is 5.21. The van der Waals surface area contributed by atoms with Crippen LogP contribution in [0, 0.1) is 0 Å². The van der Waals surface area contributed by atoms with Crippen LogP contribution in [0.25, 0.3) is 0 Å². The summed E-state index contributed by atoms with van der Waals surface area (Å²) in [6, 6.07) is 11.1. The van der Waals surface area contributed by atoms with E-state index >= 15 is 0 Å². The second-order valence-corrected chi connectivity index (χ2v) is 5.84. The maximum Gasteiger partial charge on any atom is 0.141 e. The summed E-state index contributed by atoms with van der Waals surface area (Å²) in [5, 5.41) is 0.657. The van der Waals surface area contributed by atoms with Crippen molar-refractivity contribution in [2.45, 2.75) is 6.54 Å². The highest BCUT2D eigenvalue weighted by Gasteiger charge is 2.07. The molecule has 0 aliphatic rings. The van der Waals surface area contributed by atoms with Crippen LogP contribution in [0.4, 0.5) is 0 Å². The third-order valence-corrected chi connectivity index (χ3v) is 3.70. The van der Waals surface area contributed by atoms with Crippen LogP contribution in [0.2, 0.25) is 5.02 Å². The highest BCUT2D eigenvalue weighted by molar-refractivity contribution is 9.10. The van der Waals surface area contributed by atoms with Gasteiger partial charge < -0.3 is 10.5 Å². The molecule has 0 amide bonds. The van der Waals surface area contributed by atoms with Gasteiger partial charge in [-0.2, -0.15) is 0 Å². The van der Waals surface area contributed by atoms with Crippen molar-refractivity contribution >= 4 is 43.5 Å². The average Bonchev–Trinajstić information content (AvgIpc) is 2.34. The molecule has 0 saturated heterocycles. The molecule has 0 aliphatic carbocycles. The molecule has 0 atom stereocenters. The van der Waals surface area contributed by atoms with Gasteiger partial charge in [-0.3, -0.25) is 0 Å². The molecule has 0 radical (unpaired) electrons. The van der Waals surface area contributed by atoms with Crippen LogP contribution in [0.3, 0.4) is 0 Å². The van der Waals surface area contributed by atoms with E-state index in [1.807, 2.05) is 24.3 Å². The minimum atomic E-state index is 0.417. The fraction of sp³-hybridized carbons (Fsp3) is 0.0769. The van der Waals surface area contributed by atoms with Crippen LogP contribution in [0.1, 0.15) is 5.56 Å². The highest BCUT2D eigenvalue weighted by Crippen LogP contribution is 2.34. The zero-order valence-corrected chi connectivity index (χ0v) is 13.2. The Labute approximate surface area is 127 Å². The molecule has 5 heteroatoms. The molecule has 2 rings (SSSR count). The lowest BCUT2D eigenvalue weighted by molar-refractivity contribution is 0.473. The second-order valence-electron chi connectivity index (χ2n) is 3.63. The molecule has 0 spiro atoms. The molecular weight excluding hydrogens is 381 g/mol. The highest BCUT2D eigenvalue weighted by atomic mass is 79.9. The Morgan fingerprint density at radius 1 is 1.06 bits per heavy atom. The minimum absolute atomic E-state index is 0.417. The van der Waals surface area contributed by atoms with Crippen molar-refractivity contribution in [3.63, 3.8) is 0 Å². The zero-order valence-electron chi connectivity index (χ0n) is 9.29. The largest absolute Gasteiger partial charge is 0.456 e. The van der Waals surface area contributed by atoms with Gasteiger partial charge in [0.2, 0.25) is 0 Å². The van der Waals surface area contributed by atoms with Crippen LogP contribution in [0.5, 0.6) is 11.5 Å². The van der Waals surface area contributed by atoms with E-state index in [0.717, 1.165) is 20.3 Å². The third kappa shape index (κ3) is 3.26. The topological polar surface area (TPSA) is 35.2 Å². The summed E-state index contributed by atoms with van der Waals surface area (Å²) in [4.78, 5) is 0. The van der Waals surface area contributed by atoms with Crippen LogP contribution in [-0.4, -0.2) is 0 Å². The summed E-state index contributed by atoms with van der Waals surface area (Å²) in [5.41, 5.74) is 6.64. The molecule has 0 unspecified atom stereocenters. The average molecular weight is 391 g/mol. The Balaban J connectivity index is 2.33. The standard InChI is InChI=1S/C13H10Br2ClNO/c14-9-1-3-12(8(5-9)7-17)18-13-4-2-10(16)6-11(13)15/h1-6H,7,17H2. The second kappa shape index (κ2) is 6.06. The number of halogens is 3. The van der Waals surface area contributed by atoms with Crippen LogP contribution in [0.15, 0.2) is 45.3 Å². The van der Waals surface area contributed by atoms with Gasteiger partial charge in [-0.15, -0.1) is 0 Å². The van der Waals surface area contributed by atoms with Crippen LogP contribution in [-0.2, 0) is 6.54 Å². The van der Waals surface area contributed by atoms with E-state index in [9.17, 15) is 0 Å². The molecule has 0 saturated carbocycles. The van der Waals surface area contributed by atoms with Gasteiger partial charge in [0.25, 0.3) is 0 Å². The monoisotopic (exact) mass is 389 g/mol. The molecule has 2 aromatic carbocycles. The summed E-state index contributed by atoms with van der Waals surface area (Å²) in [6.45, 7) is 0.417. The molecule has 94 valence electrons. The Hall–Kier alpha value is -0.550. The first-order chi connectivity index (χ1) is 8.60. The fourth-order valence-corrected chi connectivity index (χ4v) is 2.66. The quantitative estimate of drug-likeness (QED) is 0.789. The molecule has 0 fully saturated rings. The summed E-state index contributed by atoms with van der Waals surface area (Å²) >= 11 is 12.7. The van der Waals surface area contributed by atoms with Crippen molar-refractivity contribution in [1.82, 2.24) is 0 Å². The van der Waals surface area contributed by atoms with E-state index in [0.29, 0.717) is 17.3 Å². The van der Waals surface area contributed by atoms with E-state index in [1.165, 1.54) is 0 Å². The lowest BCUT2D eigenvalue weighted by Gasteiger charge is -2.12. The van der Waals surface area contributed by atoms with E-state index < -0.39 is 0 Å². The molecule has 0 heterocycles. The van der Waals surface area contributed by atoms with Gasteiger partial charge in [0.1, 0.15) is 11.5 Å². The Bertz CT molecular complexity index is 575. The van der Waals surface area contributed by atoms with Gasteiger partial charge in [0, 0.05) is 21.6 Å². The number of ether oxygens (including phenoxy) is 1. The van der Waals surface area contributed by atoms with Crippen molar-refractivity contribution in [1.29, 1.82) is 0 Å². The molecular formula is C13H10Br2ClNO. The van der Waals surface area contributed by atoms with Gasteiger partial charge in [-0.25, -0.2) is 0 Å². The molecule has 2 N–H and O–H groups in total. The first-order valence-corrected chi connectivity index (χ1v) is 7.18. The van der Waals surface area contributed by atoms with Gasteiger partial charge in [-0.05, 0) is 52.3 Å². The Morgan fingerprint density at radius 3 is 2.44 bits per heavy atom. The van der Waals surface area contributed by atoms with Gasteiger partial charge in [0.15, 0.2) is 0 Å². The summed E-state index contributed by atoms with van der Waals surface area (Å²) in [7, 11) is 0. The van der Waals surface area contributed by atoms with E-state index in [1.54, 1.807) is 12.1 Å². The van der Waals surface area contributed by atoms with E-state index in [2.05, 4.69) is 31.9 Å². The minimum Gasteiger partial charge on any atom is -0.456 e. The van der Waals surface area contributed by atoms with Crippen LogP contribution >= 0.6 is 43.5 Å². The van der Waals surface area contributed by atoms with Crippen molar-refractivity contribution in [3.8, 4) is 11.5 Å². The molecule has 2 nitrogen and oxygen atoms in total. The predicted molar refractivity (Wildman–Crippen MR) is 81.3 cm³/mol. The molecule has 0 aromatic heterocycles. The Morgan fingerprint density at radius 2 is 1.78 bits per heavy atom. The number of hydrogen-bond donors (Lipinski definition) is 1. The summed E-state index contributed by atoms with van der Waals surface area (Å²) < 4.78 is 7.62. The molecule has 18 heavy (non-hydrogen) atoms.